The Balaban J connectivity index is 2.56. The van der Waals surface area contributed by atoms with Crippen LogP contribution >= 0.6 is 0 Å². The van der Waals surface area contributed by atoms with Gasteiger partial charge >= 0.3 is 23.9 Å². The van der Waals surface area contributed by atoms with Crippen molar-refractivity contribution in [3.05, 3.63) is 29.8 Å². The lowest BCUT2D eigenvalue weighted by atomic mass is 10.0. The summed E-state index contributed by atoms with van der Waals surface area (Å²) in [6, 6.07) is 4.32. The number of ether oxygens (including phenoxy) is 9. The van der Waals surface area contributed by atoms with Crippen molar-refractivity contribution < 1.29 is 66.9 Å². The number of carboxylic acids is 1. The van der Waals surface area contributed by atoms with Crippen molar-refractivity contribution in [2.24, 2.45) is 0 Å². The second-order valence-electron chi connectivity index (χ2n) is 19.6. The van der Waals surface area contributed by atoms with Crippen LogP contribution in [-0.4, -0.2) is 216 Å². The molecule has 0 bridgehead atoms. The molecule has 1 saturated heterocycles. The second-order valence-corrected chi connectivity index (χ2v) is 19.6. The van der Waals surface area contributed by atoms with Crippen LogP contribution in [0.3, 0.4) is 0 Å². The van der Waals surface area contributed by atoms with Gasteiger partial charge in [0.05, 0.1) is 77.8 Å². The largest absolute Gasteiger partial charge is 0.491 e. The van der Waals surface area contributed by atoms with E-state index in [9.17, 15) is 24.3 Å². The minimum absolute atomic E-state index is 0.0144. The van der Waals surface area contributed by atoms with Crippen molar-refractivity contribution in [2.75, 3.05) is 127 Å². The molecule has 0 radical (unpaired) electrons. The van der Waals surface area contributed by atoms with Crippen molar-refractivity contribution >= 4 is 23.9 Å². The molecular weight excluding hydrogens is 869 g/mol. The SMILES string of the molecule is CCOCCOCCOc1ccc(CCCC(C(=O)O)N2CCN(C(COC(C)(C)C)C(=O)OC)CCN(C(COC(C)(C)C)C(=O)OC)CCN(C(COC(C)(C)C)C(=O)OC)CC2)cc1. The molecule has 0 amide bonds. The van der Waals surface area contributed by atoms with E-state index < -0.39 is 64.8 Å². The highest BCUT2D eigenvalue weighted by atomic mass is 16.6. The maximum absolute atomic E-state index is 13.6. The number of hydrogen-bond acceptors (Lipinski definition) is 17. The highest BCUT2D eigenvalue weighted by molar-refractivity contribution is 5.77. The molecule has 1 aliphatic heterocycles. The number of carboxylic acid groups (broad SMARTS) is 1. The van der Waals surface area contributed by atoms with Crippen LogP contribution in [0.4, 0.5) is 0 Å². The van der Waals surface area contributed by atoms with Crippen LogP contribution in [0.5, 0.6) is 5.75 Å². The van der Waals surface area contributed by atoms with Crippen LogP contribution in [0, 0.1) is 0 Å². The molecule has 4 unspecified atom stereocenters. The van der Waals surface area contributed by atoms with Gasteiger partial charge in [-0.05, 0) is 106 Å². The minimum Gasteiger partial charge on any atom is -0.491 e. The third-order valence-electron chi connectivity index (χ3n) is 11.1. The third-order valence-corrected chi connectivity index (χ3v) is 11.1. The summed E-state index contributed by atoms with van der Waals surface area (Å²) < 4.78 is 51.2. The van der Waals surface area contributed by atoms with Crippen LogP contribution in [0.1, 0.15) is 87.6 Å². The highest BCUT2D eigenvalue weighted by Crippen LogP contribution is 2.20. The summed E-state index contributed by atoms with van der Waals surface area (Å²) in [4.78, 5) is 61.9. The molecule has 386 valence electrons. The number of methoxy groups -OCH3 is 3. The highest BCUT2D eigenvalue weighted by Gasteiger charge is 2.37. The number of carbonyl (C=O) groups is 4. The number of hydrogen-bond donors (Lipinski definition) is 1. The Kier molecular flexibility index (Phi) is 26.9. The maximum Gasteiger partial charge on any atom is 0.325 e. The predicted octanol–water partition coefficient (Wildman–Crippen LogP) is 4.19. The first-order chi connectivity index (χ1) is 31.5. The Morgan fingerprint density at radius 2 is 0.881 bits per heavy atom. The summed E-state index contributed by atoms with van der Waals surface area (Å²) in [6.45, 7) is 23.7. The molecule has 0 spiro atoms. The number of esters is 3. The molecule has 0 aromatic heterocycles. The molecule has 1 fully saturated rings. The Hall–Kier alpha value is -3.46. The summed E-state index contributed by atoms with van der Waals surface area (Å²) in [5.74, 6) is -1.77. The minimum atomic E-state index is -0.982. The molecule has 1 aromatic rings. The molecule has 18 nitrogen and oxygen atoms in total. The zero-order valence-corrected chi connectivity index (χ0v) is 43.1. The molecular formula is C49H86N4O14. The number of nitrogens with zero attached hydrogens (tertiary/aromatic N) is 4. The van der Waals surface area contributed by atoms with E-state index >= 15 is 0 Å². The van der Waals surface area contributed by atoms with E-state index in [0.717, 1.165) is 5.56 Å². The first-order valence-corrected chi connectivity index (χ1v) is 23.7. The standard InChI is InChI=1S/C49H86N4O14/c1-14-62-30-31-63-32-33-64-38-20-18-37(19-21-38)16-15-17-39(43(54)55)50-22-24-51(40(44(56)59-11)34-65-47(2,3)4)26-28-53(42(46(58)61-13)36-67-49(8,9)10)29-27-52(25-23-50)41(45(57)60-12)35-66-48(5,6)7/h18-21,39-42H,14-17,22-36H2,1-13H3,(H,54,55). The molecule has 1 N–H and O–H groups in total. The molecule has 0 aliphatic carbocycles. The fraction of sp³-hybridized carbons (Fsp3) is 0.796. The Labute approximate surface area is 401 Å². The average Bonchev–Trinajstić information content (AvgIpc) is 3.25. The topological polar surface area (TPSA) is 185 Å². The van der Waals surface area contributed by atoms with Gasteiger partial charge in [-0.2, -0.15) is 0 Å². The second kappa shape index (κ2) is 30.2. The van der Waals surface area contributed by atoms with Gasteiger partial charge in [-0.1, -0.05) is 12.1 Å². The molecule has 1 aromatic carbocycles. The Morgan fingerprint density at radius 1 is 0.537 bits per heavy atom. The lowest BCUT2D eigenvalue weighted by molar-refractivity contribution is -0.157. The van der Waals surface area contributed by atoms with E-state index in [1.807, 2.05) is 113 Å². The van der Waals surface area contributed by atoms with Gasteiger partial charge in [0, 0.05) is 59.0 Å². The van der Waals surface area contributed by atoms with Gasteiger partial charge in [-0.25, -0.2) is 0 Å². The van der Waals surface area contributed by atoms with Crippen molar-refractivity contribution in [1.82, 2.24) is 19.6 Å². The summed E-state index contributed by atoms with van der Waals surface area (Å²) in [5, 5.41) is 10.9. The van der Waals surface area contributed by atoms with Gasteiger partial charge in [0.25, 0.3) is 0 Å². The lowest BCUT2D eigenvalue weighted by Gasteiger charge is -2.41. The summed E-state index contributed by atoms with van der Waals surface area (Å²) >= 11 is 0. The number of rotatable bonds is 26. The molecule has 4 atom stereocenters. The Morgan fingerprint density at radius 3 is 1.21 bits per heavy atom. The molecule has 1 heterocycles. The van der Waals surface area contributed by atoms with E-state index in [0.29, 0.717) is 58.0 Å². The fourth-order valence-electron chi connectivity index (χ4n) is 7.38. The Bertz CT molecular complexity index is 1530. The molecule has 0 saturated carbocycles. The quantitative estimate of drug-likeness (QED) is 0.0792. The van der Waals surface area contributed by atoms with E-state index in [-0.39, 0.29) is 72.2 Å². The predicted molar refractivity (Wildman–Crippen MR) is 254 cm³/mol. The zero-order chi connectivity index (χ0) is 50.2. The molecule has 2 rings (SSSR count). The van der Waals surface area contributed by atoms with Crippen molar-refractivity contribution in [2.45, 2.75) is 129 Å². The van der Waals surface area contributed by atoms with Crippen LogP contribution in [-0.2, 0) is 63.5 Å². The zero-order valence-electron chi connectivity index (χ0n) is 43.1. The molecule has 1 aliphatic rings. The number of carbonyl (C=O) groups excluding carboxylic acids is 3. The third kappa shape index (κ3) is 24.1. The first kappa shape index (κ1) is 59.7. The maximum atomic E-state index is 13.6. The van der Waals surface area contributed by atoms with Crippen molar-refractivity contribution in [3.8, 4) is 5.75 Å². The van der Waals surface area contributed by atoms with E-state index in [1.165, 1.54) is 21.3 Å². The smallest absolute Gasteiger partial charge is 0.325 e. The normalized spacial score (nSPS) is 17.6. The number of aryl methyl sites for hydroxylation is 1. The van der Waals surface area contributed by atoms with E-state index in [4.69, 9.17) is 42.6 Å². The van der Waals surface area contributed by atoms with Gasteiger partial charge in [0.15, 0.2) is 0 Å². The number of benzene rings is 1. The molecule has 18 heteroatoms. The van der Waals surface area contributed by atoms with Gasteiger partial charge in [-0.15, -0.1) is 0 Å². The lowest BCUT2D eigenvalue weighted by Crippen LogP contribution is -2.58. The van der Waals surface area contributed by atoms with Crippen LogP contribution in [0.15, 0.2) is 24.3 Å². The van der Waals surface area contributed by atoms with Gasteiger partial charge in [-0.3, -0.25) is 38.8 Å². The number of aliphatic carboxylic acids is 1. The average molecular weight is 955 g/mol. The van der Waals surface area contributed by atoms with Crippen LogP contribution < -0.4 is 4.74 Å². The van der Waals surface area contributed by atoms with Gasteiger partial charge in [0.2, 0.25) is 0 Å². The van der Waals surface area contributed by atoms with Crippen molar-refractivity contribution in [3.63, 3.8) is 0 Å². The summed E-state index contributed by atoms with van der Waals surface area (Å²) in [5.41, 5.74) is -0.680. The van der Waals surface area contributed by atoms with Gasteiger partial charge < -0.3 is 47.7 Å². The van der Waals surface area contributed by atoms with E-state index in [1.54, 1.807) is 0 Å². The summed E-state index contributed by atoms with van der Waals surface area (Å²) in [7, 11) is 3.99. The monoisotopic (exact) mass is 955 g/mol. The van der Waals surface area contributed by atoms with Gasteiger partial charge in [0.1, 0.15) is 36.5 Å². The van der Waals surface area contributed by atoms with Crippen LogP contribution in [0.25, 0.3) is 0 Å². The first-order valence-electron chi connectivity index (χ1n) is 23.7. The summed E-state index contributed by atoms with van der Waals surface area (Å²) in [6.07, 6.45) is 1.54. The van der Waals surface area contributed by atoms with E-state index in [2.05, 4.69) is 0 Å². The van der Waals surface area contributed by atoms with Crippen molar-refractivity contribution in [1.29, 1.82) is 0 Å². The fourth-order valence-corrected chi connectivity index (χ4v) is 7.38. The van der Waals surface area contributed by atoms with Crippen LogP contribution in [0.2, 0.25) is 0 Å². The molecule has 67 heavy (non-hydrogen) atoms.